The smallest absolute Gasteiger partial charge is 0.321 e. The van der Waals surface area contributed by atoms with Crippen molar-refractivity contribution in [1.82, 2.24) is 10.2 Å². The predicted molar refractivity (Wildman–Crippen MR) is 70.8 cm³/mol. The van der Waals surface area contributed by atoms with Crippen molar-refractivity contribution in [2.45, 2.75) is 13.8 Å². The van der Waals surface area contributed by atoms with E-state index in [2.05, 4.69) is 15.5 Å². The zero-order valence-electron chi connectivity index (χ0n) is 10.8. The molecule has 1 aromatic carbocycles. The highest BCUT2D eigenvalue weighted by Crippen LogP contribution is 2.31. The number of aromatic nitrogens is 2. The van der Waals surface area contributed by atoms with Gasteiger partial charge in [0.2, 0.25) is 0 Å². The summed E-state index contributed by atoms with van der Waals surface area (Å²) < 4.78 is 16.0. The molecule has 0 saturated heterocycles. The molecule has 7 heteroatoms. The van der Waals surface area contributed by atoms with Crippen LogP contribution in [0.2, 0.25) is 0 Å². The minimum atomic E-state index is 0.00132. The molecule has 0 aliphatic heterocycles. The lowest BCUT2D eigenvalue weighted by Gasteiger charge is -2.12. The summed E-state index contributed by atoms with van der Waals surface area (Å²) in [6, 6.07) is 5.65. The van der Waals surface area contributed by atoms with Crippen molar-refractivity contribution >= 4 is 17.7 Å². The summed E-state index contributed by atoms with van der Waals surface area (Å²) in [6.07, 6.45) is 0. The number of nitrogen functional groups attached to an aromatic ring is 1. The zero-order chi connectivity index (χ0) is 13.7. The highest BCUT2D eigenvalue weighted by Gasteiger charge is 2.09. The lowest BCUT2D eigenvalue weighted by atomic mass is 10.2. The van der Waals surface area contributed by atoms with E-state index in [0.717, 1.165) is 5.75 Å². The summed E-state index contributed by atoms with van der Waals surface area (Å²) in [5.74, 6) is 1.39. The van der Waals surface area contributed by atoms with Crippen LogP contribution in [0.4, 0.5) is 17.7 Å². The van der Waals surface area contributed by atoms with E-state index in [1.165, 1.54) is 0 Å². The van der Waals surface area contributed by atoms with Crippen LogP contribution in [-0.4, -0.2) is 23.4 Å². The Morgan fingerprint density at radius 1 is 1.21 bits per heavy atom. The van der Waals surface area contributed by atoms with Crippen molar-refractivity contribution < 1.29 is 13.9 Å². The first-order valence-corrected chi connectivity index (χ1v) is 5.98. The second-order valence-electron chi connectivity index (χ2n) is 3.59. The van der Waals surface area contributed by atoms with Gasteiger partial charge in [-0.05, 0) is 26.0 Å². The second kappa shape index (κ2) is 5.94. The first-order chi connectivity index (χ1) is 9.22. The van der Waals surface area contributed by atoms with E-state index in [0.29, 0.717) is 24.7 Å². The molecular formula is C12H16N4O3. The van der Waals surface area contributed by atoms with Crippen LogP contribution in [0.25, 0.3) is 0 Å². The number of nitrogens with zero attached hydrogens (tertiary/aromatic N) is 2. The van der Waals surface area contributed by atoms with Crippen LogP contribution < -0.4 is 20.5 Å². The molecule has 0 atom stereocenters. The van der Waals surface area contributed by atoms with Crippen LogP contribution in [0.1, 0.15) is 13.8 Å². The third-order valence-electron chi connectivity index (χ3n) is 2.24. The molecule has 0 aliphatic carbocycles. The molecule has 0 radical (unpaired) electrons. The molecule has 3 N–H and O–H groups in total. The van der Waals surface area contributed by atoms with Gasteiger partial charge in [-0.3, -0.25) is 0 Å². The molecule has 0 fully saturated rings. The van der Waals surface area contributed by atoms with E-state index in [1.807, 2.05) is 26.0 Å². The zero-order valence-corrected chi connectivity index (χ0v) is 10.8. The maximum atomic E-state index is 5.51. The van der Waals surface area contributed by atoms with Gasteiger partial charge in [-0.25, -0.2) is 0 Å². The summed E-state index contributed by atoms with van der Waals surface area (Å²) in [7, 11) is 0. The lowest BCUT2D eigenvalue weighted by Crippen LogP contribution is -1.99. The van der Waals surface area contributed by atoms with Gasteiger partial charge < -0.3 is 24.9 Å². The molecular weight excluding hydrogens is 248 g/mol. The van der Waals surface area contributed by atoms with Gasteiger partial charge in [-0.2, -0.15) is 0 Å². The highest BCUT2D eigenvalue weighted by atomic mass is 16.5. The summed E-state index contributed by atoms with van der Waals surface area (Å²) in [5, 5.41) is 10.3. The van der Waals surface area contributed by atoms with Crippen molar-refractivity contribution in [3.63, 3.8) is 0 Å². The SMILES string of the molecule is CCOc1ccc(OCC)c(Nc2nnc(N)o2)c1. The molecule has 1 aromatic heterocycles. The summed E-state index contributed by atoms with van der Waals surface area (Å²) >= 11 is 0. The third kappa shape index (κ3) is 3.27. The number of anilines is 3. The third-order valence-corrected chi connectivity index (χ3v) is 2.24. The highest BCUT2D eigenvalue weighted by molar-refractivity contribution is 5.64. The average molecular weight is 264 g/mol. The van der Waals surface area contributed by atoms with E-state index in [-0.39, 0.29) is 12.0 Å². The molecule has 0 saturated carbocycles. The van der Waals surface area contributed by atoms with Crippen LogP contribution in [0, 0.1) is 0 Å². The van der Waals surface area contributed by atoms with Crippen LogP contribution in [0.3, 0.4) is 0 Å². The van der Waals surface area contributed by atoms with Gasteiger partial charge in [-0.1, -0.05) is 10.2 Å². The Morgan fingerprint density at radius 2 is 2.00 bits per heavy atom. The van der Waals surface area contributed by atoms with Gasteiger partial charge in [0.1, 0.15) is 11.5 Å². The van der Waals surface area contributed by atoms with Gasteiger partial charge in [0, 0.05) is 6.07 Å². The Morgan fingerprint density at radius 3 is 2.63 bits per heavy atom. The summed E-state index contributed by atoms with van der Waals surface area (Å²) in [4.78, 5) is 0. The van der Waals surface area contributed by atoms with Crippen molar-refractivity contribution in [2.24, 2.45) is 0 Å². The van der Waals surface area contributed by atoms with Gasteiger partial charge in [0.25, 0.3) is 0 Å². The van der Waals surface area contributed by atoms with Crippen molar-refractivity contribution in [2.75, 3.05) is 24.3 Å². The Hall–Kier alpha value is -2.44. The molecule has 0 aliphatic rings. The summed E-state index contributed by atoms with van der Waals surface area (Å²) in [6.45, 7) is 4.96. The number of ether oxygens (including phenoxy) is 2. The van der Waals surface area contributed by atoms with Crippen LogP contribution in [0.5, 0.6) is 11.5 Å². The second-order valence-corrected chi connectivity index (χ2v) is 3.59. The fraction of sp³-hybridized carbons (Fsp3) is 0.333. The number of rotatable bonds is 6. The quantitative estimate of drug-likeness (QED) is 0.825. The van der Waals surface area contributed by atoms with Crippen molar-refractivity contribution in [1.29, 1.82) is 0 Å². The molecule has 19 heavy (non-hydrogen) atoms. The molecule has 1 heterocycles. The van der Waals surface area contributed by atoms with E-state index >= 15 is 0 Å². The number of nitrogens with one attached hydrogen (secondary N) is 1. The number of benzene rings is 1. The molecule has 2 aromatic rings. The Kier molecular flexibility index (Phi) is 4.07. The van der Waals surface area contributed by atoms with Crippen LogP contribution >= 0.6 is 0 Å². The molecule has 102 valence electrons. The fourth-order valence-electron chi connectivity index (χ4n) is 1.54. The number of hydrogen-bond acceptors (Lipinski definition) is 7. The standard InChI is InChI=1S/C12H16N4O3/c1-3-17-8-5-6-10(18-4-2)9(7-8)14-12-16-15-11(13)19-12/h5-7H,3-4H2,1-2H3,(H2,13,15)(H,14,16). The predicted octanol–water partition coefficient (Wildman–Crippen LogP) is 2.19. The topological polar surface area (TPSA) is 95.4 Å². The average Bonchev–Trinajstić information content (AvgIpc) is 2.79. The van der Waals surface area contributed by atoms with Gasteiger partial charge in [0.05, 0.1) is 18.9 Å². The molecule has 7 nitrogen and oxygen atoms in total. The number of nitrogens with two attached hydrogens (primary N) is 1. The molecule has 0 bridgehead atoms. The Bertz CT molecular complexity index is 542. The van der Waals surface area contributed by atoms with E-state index in [9.17, 15) is 0 Å². The maximum absolute atomic E-state index is 5.51. The fourth-order valence-corrected chi connectivity index (χ4v) is 1.54. The molecule has 2 rings (SSSR count). The molecule has 0 spiro atoms. The van der Waals surface area contributed by atoms with Gasteiger partial charge in [-0.15, -0.1) is 0 Å². The monoisotopic (exact) mass is 264 g/mol. The minimum Gasteiger partial charge on any atom is -0.494 e. The molecule has 0 unspecified atom stereocenters. The maximum Gasteiger partial charge on any atom is 0.321 e. The van der Waals surface area contributed by atoms with Crippen molar-refractivity contribution in [3.8, 4) is 11.5 Å². The van der Waals surface area contributed by atoms with E-state index < -0.39 is 0 Å². The first kappa shape index (κ1) is 13.0. The van der Waals surface area contributed by atoms with E-state index in [1.54, 1.807) is 6.07 Å². The molecule has 0 amide bonds. The van der Waals surface area contributed by atoms with Crippen molar-refractivity contribution in [3.05, 3.63) is 18.2 Å². The minimum absolute atomic E-state index is 0.00132. The summed E-state index contributed by atoms with van der Waals surface area (Å²) in [5.41, 5.74) is 6.05. The Balaban J connectivity index is 2.25. The van der Waals surface area contributed by atoms with Crippen LogP contribution in [-0.2, 0) is 0 Å². The first-order valence-electron chi connectivity index (χ1n) is 5.98. The van der Waals surface area contributed by atoms with Crippen LogP contribution in [0.15, 0.2) is 22.6 Å². The van der Waals surface area contributed by atoms with Gasteiger partial charge >= 0.3 is 12.0 Å². The largest absolute Gasteiger partial charge is 0.494 e. The number of hydrogen-bond donors (Lipinski definition) is 2. The van der Waals surface area contributed by atoms with E-state index in [4.69, 9.17) is 19.6 Å². The lowest BCUT2D eigenvalue weighted by molar-refractivity contribution is 0.332. The normalized spacial score (nSPS) is 10.2. The Labute approximate surface area is 110 Å². The van der Waals surface area contributed by atoms with Gasteiger partial charge in [0.15, 0.2) is 0 Å².